The quantitative estimate of drug-likeness (QED) is 0.106. The van der Waals surface area contributed by atoms with Gasteiger partial charge in [0.25, 0.3) is 0 Å². The third-order valence-electron chi connectivity index (χ3n) is 12.9. The Morgan fingerprint density at radius 1 is 0.580 bits per heavy atom. The number of fused-ring (bicyclic) bond motifs is 5. The third kappa shape index (κ3) is 9.50. The van der Waals surface area contributed by atoms with Crippen molar-refractivity contribution in [1.29, 1.82) is 0 Å². The van der Waals surface area contributed by atoms with Gasteiger partial charge in [0, 0.05) is 29.2 Å². The molecule has 0 bridgehead atoms. The highest BCUT2D eigenvalue weighted by Gasteiger charge is 2.55. The number of allylic oxidation sites excluding steroid dienone is 8. The van der Waals surface area contributed by atoms with Crippen LogP contribution in [0.25, 0.3) is 51.1 Å². The van der Waals surface area contributed by atoms with Crippen molar-refractivity contribution in [1.82, 2.24) is 0 Å². The lowest BCUT2D eigenvalue weighted by atomic mass is 9.67. The first kappa shape index (κ1) is 45.5. The minimum Gasteiger partial charge on any atom is -0.399 e. The minimum absolute atomic E-state index is 0.560. The molecule has 0 fully saturated rings. The van der Waals surface area contributed by atoms with E-state index in [1.165, 1.54) is 83.5 Å². The maximum atomic E-state index is 5.70. The molecule has 0 heterocycles. The van der Waals surface area contributed by atoms with Crippen molar-refractivity contribution in [3.05, 3.63) is 293 Å². The summed E-state index contributed by atoms with van der Waals surface area (Å²) in [6.07, 6.45) is 16.4. The van der Waals surface area contributed by atoms with E-state index in [1.807, 2.05) is 85.1 Å². The molecule has 8 aromatic carbocycles. The fourth-order valence-electron chi connectivity index (χ4n) is 9.98. The van der Waals surface area contributed by atoms with Crippen LogP contribution in [0.1, 0.15) is 53.1 Å². The molecule has 334 valence electrons. The van der Waals surface area contributed by atoms with Gasteiger partial charge in [-0.3, -0.25) is 0 Å². The summed E-state index contributed by atoms with van der Waals surface area (Å²) in [6.45, 7) is 8.85. The van der Waals surface area contributed by atoms with Crippen molar-refractivity contribution in [3.8, 4) is 45.2 Å². The molecule has 1 spiro atoms. The highest BCUT2D eigenvalue weighted by molar-refractivity contribution is 6.06. The number of rotatable bonds is 10. The molecule has 0 aliphatic heterocycles. The highest BCUT2D eigenvalue weighted by Crippen LogP contribution is 2.67. The van der Waals surface area contributed by atoms with Crippen LogP contribution in [0.3, 0.4) is 0 Å². The Morgan fingerprint density at radius 2 is 1.17 bits per heavy atom. The van der Waals surface area contributed by atoms with Crippen LogP contribution in [0.4, 0.5) is 11.4 Å². The average molecular weight is 889 g/mol. The maximum absolute atomic E-state index is 5.70. The fraction of sp³-hybridized carbons (Fsp3) is 0.0746. The molecule has 0 radical (unpaired) electrons. The number of anilines is 2. The first-order valence-corrected chi connectivity index (χ1v) is 23.8. The smallest absolute Gasteiger partial charge is 0.0728 e. The van der Waals surface area contributed by atoms with E-state index in [-0.39, 0.29) is 0 Å². The molecule has 8 aromatic rings. The van der Waals surface area contributed by atoms with E-state index < -0.39 is 5.41 Å². The minimum atomic E-state index is -0.560. The lowest BCUT2D eigenvalue weighted by Gasteiger charge is -2.34. The molecule has 69 heavy (non-hydrogen) atoms. The number of nitrogens with one attached hydrogen (secondary N) is 1. The SMILES string of the molecule is C=C/C=C1\C(=C/c2ccc(-c3ccccc3)cc2)C(CCC)=C(c2ccccc2C)C12c1ccccc1-c1c(N/C=C/C#C/C=C\c3ccccc3)cccc12.Nc1cccc(-c2ccccc2)c1. The van der Waals surface area contributed by atoms with Crippen LogP contribution in [-0.4, -0.2) is 0 Å². The number of benzene rings is 8. The number of aryl methyl sites for hydroxylation is 1. The predicted octanol–water partition coefficient (Wildman–Crippen LogP) is 17.0. The van der Waals surface area contributed by atoms with Gasteiger partial charge in [0.15, 0.2) is 0 Å². The van der Waals surface area contributed by atoms with Crippen LogP contribution in [-0.2, 0) is 5.41 Å². The molecule has 2 aliphatic rings. The van der Waals surface area contributed by atoms with Gasteiger partial charge in [-0.2, -0.15) is 0 Å². The molecular formula is C67H56N2. The number of hydrogen-bond acceptors (Lipinski definition) is 2. The number of hydrogen-bond donors (Lipinski definition) is 2. The van der Waals surface area contributed by atoms with E-state index in [4.69, 9.17) is 5.73 Å². The summed E-state index contributed by atoms with van der Waals surface area (Å²) < 4.78 is 0. The summed E-state index contributed by atoms with van der Waals surface area (Å²) in [7, 11) is 0. The Hall–Kier alpha value is -8.64. The van der Waals surface area contributed by atoms with Crippen LogP contribution >= 0.6 is 0 Å². The van der Waals surface area contributed by atoms with E-state index in [1.54, 1.807) is 0 Å². The van der Waals surface area contributed by atoms with E-state index in [0.29, 0.717) is 0 Å². The zero-order valence-corrected chi connectivity index (χ0v) is 39.4. The van der Waals surface area contributed by atoms with Crippen LogP contribution in [0.15, 0.2) is 260 Å². The van der Waals surface area contributed by atoms with Gasteiger partial charge >= 0.3 is 0 Å². The van der Waals surface area contributed by atoms with Gasteiger partial charge in [0.1, 0.15) is 0 Å². The second kappa shape index (κ2) is 21.3. The van der Waals surface area contributed by atoms with Crippen LogP contribution in [0.5, 0.6) is 0 Å². The summed E-state index contributed by atoms with van der Waals surface area (Å²) in [5, 5.41) is 3.64. The van der Waals surface area contributed by atoms with Crippen molar-refractivity contribution in [2.45, 2.75) is 32.1 Å². The van der Waals surface area contributed by atoms with Gasteiger partial charge in [-0.25, -0.2) is 0 Å². The maximum Gasteiger partial charge on any atom is 0.0728 e. The zero-order chi connectivity index (χ0) is 47.4. The second-order valence-corrected chi connectivity index (χ2v) is 17.3. The highest BCUT2D eigenvalue weighted by atomic mass is 14.8. The van der Waals surface area contributed by atoms with Gasteiger partial charge in [0.05, 0.1) is 5.41 Å². The zero-order valence-electron chi connectivity index (χ0n) is 39.4. The summed E-state index contributed by atoms with van der Waals surface area (Å²) in [5.41, 5.74) is 27.0. The molecule has 0 saturated heterocycles. The Kier molecular flexibility index (Phi) is 14.1. The van der Waals surface area contributed by atoms with E-state index in [0.717, 1.165) is 29.8 Å². The van der Waals surface area contributed by atoms with E-state index in [9.17, 15) is 0 Å². The standard InChI is InChI=1S/C55H45N.C12H11N/c1-4-21-46-48(39-42-34-36-44(37-35-42)43-27-13-9-14-28-43)49(22-5-2)55(54(46)45-29-16-15-23-40(45)3)50-31-18-17-30-47(50)53-51(55)32-20-33-52(53)56-38-19-7-6-10-24-41-25-11-8-12-26-41;13-12-8-4-7-11(9-12)10-5-2-1-3-6-10/h5,8-20,22-39,56H,2,4,21H2,1,3H3;1-9H,13H2/b24-10-,38-19+,48-39-,49-22+;. The number of nitrogen functional groups attached to an aromatic ring is 1. The largest absolute Gasteiger partial charge is 0.399 e. The Morgan fingerprint density at radius 3 is 1.87 bits per heavy atom. The molecular weight excluding hydrogens is 833 g/mol. The van der Waals surface area contributed by atoms with Gasteiger partial charge in [-0.05, 0) is 133 Å². The molecule has 0 saturated carbocycles. The Balaban J connectivity index is 0.000000392. The second-order valence-electron chi connectivity index (χ2n) is 17.3. The van der Waals surface area contributed by atoms with E-state index >= 15 is 0 Å². The van der Waals surface area contributed by atoms with E-state index in [2.05, 4.69) is 201 Å². The lowest BCUT2D eigenvalue weighted by Crippen LogP contribution is -2.27. The average Bonchev–Trinajstić information content (AvgIpc) is 3.83. The molecule has 3 N–H and O–H groups in total. The van der Waals surface area contributed by atoms with Crippen molar-refractivity contribution in [2.24, 2.45) is 0 Å². The molecule has 10 rings (SSSR count). The summed E-state index contributed by atoms with van der Waals surface area (Å²) in [4.78, 5) is 0. The van der Waals surface area contributed by atoms with Crippen LogP contribution in [0, 0.1) is 18.8 Å². The summed E-state index contributed by atoms with van der Waals surface area (Å²) in [6, 6.07) is 72.6. The summed E-state index contributed by atoms with van der Waals surface area (Å²) in [5.74, 6) is 6.31. The molecule has 2 heteroatoms. The third-order valence-corrected chi connectivity index (χ3v) is 12.9. The lowest BCUT2D eigenvalue weighted by molar-refractivity contribution is 0.838. The van der Waals surface area contributed by atoms with Crippen LogP contribution in [0.2, 0.25) is 0 Å². The van der Waals surface area contributed by atoms with Crippen LogP contribution < -0.4 is 11.1 Å². The Labute approximate surface area is 409 Å². The number of nitrogens with two attached hydrogens (primary N) is 1. The Bertz CT molecular complexity index is 3320. The normalized spacial score (nSPS) is 15.7. The molecule has 0 amide bonds. The first-order valence-electron chi connectivity index (χ1n) is 23.8. The van der Waals surface area contributed by atoms with Gasteiger partial charge in [-0.1, -0.05) is 232 Å². The topological polar surface area (TPSA) is 38.0 Å². The molecule has 0 aromatic heterocycles. The van der Waals surface area contributed by atoms with Crippen molar-refractivity contribution >= 4 is 29.1 Å². The monoisotopic (exact) mass is 888 g/mol. The van der Waals surface area contributed by atoms with Gasteiger partial charge < -0.3 is 11.1 Å². The first-order chi connectivity index (χ1) is 34.0. The molecule has 1 atom stereocenters. The van der Waals surface area contributed by atoms with Crippen molar-refractivity contribution in [2.75, 3.05) is 11.1 Å². The van der Waals surface area contributed by atoms with Gasteiger partial charge in [0.2, 0.25) is 0 Å². The molecule has 2 aliphatic carbocycles. The van der Waals surface area contributed by atoms with Crippen molar-refractivity contribution < 1.29 is 0 Å². The predicted molar refractivity (Wildman–Crippen MR) is 296 cm³/mol. The molecule has 1 unspecified atom stereocenters. The molecule has 2 nitrogen and oxygen atoms in total. The summed E-state index contributed by atoms with van der Waals surface area (Å²) >= 11 is 0. The van der Waals surface area contributed by atoms with Crippen molar-refractivity contribution in [3.63, 3.8) is 0 Å². The fourth-order valence-corrected chi connectivity index (χ4v) is 9.98. The van der Waals surface area contributed by atoms with Gasteiger partial charge in [-0.15, -0.1) is 0 Å².